The highest BCUT2D eigenvalue weighted by Gasteiger charge is 2.34. The molecule has 0 aromatic heterocycles. The van der Waals surface area contributed by atoms with Crippen LogP contribution >= 0.6 is 59.6 Å². The van der Waals surface area contributed by atoms with Crippen LogP contribution in [0.25, 0.3) is 0 Å². The SMILES string of the molecule is Cl.Cl.Clc1ccc(Cl)c([C@@H](C2CCCCC2)N2CCNCC2)c1Cl. The van der Waals surface area contributed by atoms with Crippen molar-refractivity contribution in [3.05, 3.63) is 32.8 Å². The Balaban J connectivity index is 0.00000144. The summed E-state index contributed by atoms with van der Waals surface area (Å²) in [6.07, 6.45) is 6.48. The first-order valence-corrected chi connectivity index (χ1v) is 9.40. The smallest absolute Gasteiger partial charge is 0.0655 e. The second-order valence-electron chi connectivity index (χ2n) is 6.39. The van der Waals surface area contributed by atoms with Crippen LogP contribution in [0, 0.1) is 5.92 Å². The van der Waals surface area contributed by atoms with Gasteiger partial charge in [-0.2, -0.15) is 0 Å². The van der Waals surface area contributed by atoms with E-state index < -0.39 is 0 Å². The summed E-state index contributed by atoms with van der Waals surface area (Å²) >= 11 is 19.4. The molecular formula is C17H25Cl5N2. The van der Waals surface area contributed by atoms with Crippen molar-refractivity contribution in [1.29, 1.82) is 0 Å². The van der Waals surface area contributed by atoms with Crippen LogP contribution < -0.4 is 5.32 Å². The third-order valence-electron chi connectivity index (χ3n) is 5.02. The van der Waals surface area contributed by atoms with E-state index in [9.17, 15) is 0 Å². The van der Waals surface area contributed by atoms with E-state index in [1.165, 1.54) is 32.1 Å². The predicted octanol–water partition coefficient (Wildman–Crippen LogP) is 6.02. The first kappa shape index (κ1) is 22.6. The van der Waals surface area contributed by atoms with Crippen molar-refractivity contribution in [2.24, 2.45) is 5.92 Å². The predicted molar refractivity (Wildman–Crippen MR) is 110 cm³/mol. The third-order valence-corrected chi connectivity index (χ3v) is 6.17. The Labute approximate surface area is 172 Å². The lowest BCUT2D eigenvalue weighted by Gasteiger charge is -2.42. The molecule has 3 rings (SSSR count). The largest absolute Gasteiger partial charge is 0.314 e. The lowest BCUT2D eigenvalue weighted by atomic mass is 9.80. The number of benzene rings is 1. The summed E-state index contributed by atoms with van der Waals surface area (Å²) in [5.41, 5.74) is 1.05. The van der Waals surface area contributed by atoms with Crippen molar-refractivity contribution in [3.63, 3.8) is 0 Å². The van der Waals surface area contributed by atoms with Crippen LogP contribution in [0.15, 0.2) is 12.1 Å². The summed E-state index contributed by atoms with van der Waals surface area (Å²) in [7, 11) is 0. The van der Waals surface area contributed by atoms with Crippen LogP contribution in [0.5, 0.6) is 0 Å². The quantitative estimate of drug-likeness (QED) is 0.586. The van der Waals surface area contributed by atoms with Gasteiger partial charge in [-0.1, -0.05) is 54.1 Å². The standard InChI is InChI=1S/C17H23Cl3N2.2ClH/c18-13-6-7-14(19)16(20)15(13)17(12-4-2-1-3-5-12)22-10-8-21-9-11-22;;/h6-7,12,17,21H,1-5,8-11H2;2*1H/t17-;;/m1../s1. The summed E-state index contributed by atoms with van der Waals surface area (Å²) < 4.78 is 0. The van der Waals surface area contributed by atoms with Gasteiger partial charge >= 0.3 is 0 Å². The minimum atomic E-state index is 0. The van der Waals surface area contributed by atoms with Gasteiger partial charge in [0, 0.05) is 42.8 Å². The van der Waals surface area contributed by atoms with Crippen LogP contribution in [0.2, 0.25) is 15.1 Å². The lowest BCUT2D eigenvalue weighted by molar-refractivity contribution is 0.103. The molecule has 2 nitrogen and oxygen atoms in total. The summed E-state index contributed by atoms with van der Waals surface area (Å²) in [6.45, 7) is 4.14. The van der Waals surface area contributed by atoms with E-state index in [4.69, 9.17) is 34.8 Å². The van der Waals surface area contributed by atoms with Crippen LogP contribution in [-0.2, 0) is 0 Å². The number of nitrogens with one attached hydrogen (secondary N) is 1. The number of halogens is 5. The van der Waals surface area contributed by atoms with E-state index >= 15 is 0 Å². The maximum absolute atomic E-state index is 6.57. The molecule has 2 aliphatic rings. The van der Waals surface area contributed by atoms with Gasteiger partial charge in [-0.3, -0.25) is 4.90 Å². The monoisotopic (exact) mass is 432 g/mol. The highest BCUT2D eigenvalue weighted by atomic mass is 35.5. The third kappa shape index (κ3) is 5.07. The van der Waals surface area contributed by atoms with E-state index in [0.29, 0.717) is 22.0 Å². The van der Waals surface area contributed by atoms with Crippen LogP contribution in [-0.4, -0.2) is 31.1 Å². The maximum atomic E-state index is 6.57. The van der Waals surface area contributed by atoms with Gasteiger partial charge in [-0.05, 0) is 30.9 Å². The molecule has 0 amide bonds. The first-order valence-electron chi connectivity index (χ1n) is 8.26. The molecule has 1 saturated heterocycles. The van der Waals surface area contributed by atoms with Gasteiger partial charge in [-0.25, -0.2) is 0 Å². The Bertz CT molecular complexity index is 496. The Morgan fingerprint density at radius 3 is 2.12 bits per heavy atom. The summed E-state index contributed by atoms with van der Waals surface area (Å²) in [6, 6.07) is 3.98. The van der Waals surface area contributed by atoms with Gasteiger partial charge < -0.3 is 5.32 Å². The van der Waals surface area contributed by atoms with Gasteiger partial charge in [-0.15, -0.1) is 24.8 Å². The molecule has 1 saturated carbocycles. The van der Waals surface area contributed by atoms with E-state index in [2.05, 4.69) is 10.2 Å². The highest BCUT2D eigenvalue weighted by molar-refractivity contribution is 6.44. The number of hydrogen-bond acceptors (Lipinski definition) is 2. The van der Waals surface area contributed by atoms with Crippen molar-refractivity contribution in [2.75, 3.05) is 26.2 Å². The molecular weight excluding hydrogens is 409 g/mol. The average molecular weight is 435 g/mol. The molecule has 1 aromatic carbocycles. The summed E-state index contributed by atoms with van der Waals surface area (Å²) in [5.74, 6) is 0.625. The second-order valence-corrected chi connectivity index (χ2v) is 7.58. The van der Waals surface area contributed by atoms with Crippen LogP contribution in [0.1, 0.15) is 43.7 Å². The van der Waals surface area contributed by atoms with Crippen molar-refractivity contribution in [1.82, 2.24) is 10.2 Å². The molecule has 24 heavy (non-hydrogen) atoms. The fourth-order valence-corrected chi connectivity index (χ4v) is 4.70. The number of hydrogen-bond donors (Lipinski definition) is 1. The molecule has 1 aliphatic heterocycles. The minimum absolute atomic E-state index is 0. The van der Waals surface area contributed by atoms with E-state index in [-0.39, 0.29) is 24.8 Å². The van der Waals surface area contributed by atoms with Gasteiger partial charge in [0.1, 0.15) is 0 Å². The molecule has 0 radical (unpaired) electrons. The van der Waals surface area contributed by atoms with Gasteiger partial charge in [0.15, 0.2) is 0 Å². The minimum Gasteiger partial charge on any atom is -0.314 e. The average Bonchev–Trinajstić information content (AvgIpc) is 2.57. The highest BCUT2D eigenvalue weighted by Crippen LogP contribution is 2.45. The number of nitrogens with zero attached hydrogens (tertiary/aromatic N) is 1. The number of rotatable bonds is 3. The normalized spacial score (nSPS) is 20.8. The van der Waals surface area contributed by atoms with Crippen molar-refractivity contribution >= 4 is 59.6 Å². The molecule has 1 heterocycles. The lowest BCUT2D eigenvalue weighted by Crippen LogP contribution is -2.47. The van der Waals surface area contributed by atoms with Gasteiger partial charge in [0.05, 0.1) is 10.0 Å². The van der Waals surface area contributed by atoms with Crippen LogP contribution in [0.3, 0.4) is 0 Å². The fourth-order valence-electron chi connectivity index (χ4n) is 3.94. The molecule has 1 aromatic rings. The zero-order valence-corrected chi connectivity index (χ0v) is 17.5. The van der Waals surface area contributed by atoms with Gasteiger partial charge in [0.25, 0.3) is 0 Å². The zero-order chi connectivity index (χ0) is 15.5. The molecule has 0 unspecified atom stereocenters. The van der Waals surface area contributed by atoms with Crippen molar-refractivity contribution in [3.8, 4) is 0 Å². The number of piperazine rings is 1. The van der Waals surface area contributed by atoms with Crippen LogP contribution in [0.4, 0.5) is 0 Å². The Kier molecular flexibility index (Phi) is 10.1. The molecule has 2 fully saturated rings. The van der Waals surface area contributed by atoms with Gasteiger partial charge in [0.2, 0.25) is 0 Å². The first-order chi connectivity index (χ1) is 10.7. The second kappa shape index (κ2) is 10.7. The maximum Gasteiger partial charge on any atom is 0.0655 e. The van der Waals surface area contributed by atoms with E-state index in [1.807, 2.05) is 6.07 Å². The van der Waals surface area contributed by atoms with Crippen molar-refractivity contribution in [2.45, 2.75) is 38.1 Å². The van der Waals surface area contributed by atoms with E-state index in [0.717, 1.165) is 36.8 Å². The summed E-state index contributed by atoms with van der Waals surface area (Å²) in [4.78, 5) is 2.55. The Morgan fingerprint density at radius 1 is 0.917 bits per heavy atom. The Hall–Kier alpha value is 0.590. The molecule has 0 spiro atoms. The topological polar surface area (TPSA) is 15.3 Å². The summed E-state index contributed by atoms with van der Waals surface area (Å²) in [5, 5.41) is 5.43. The van der Waals surface area contributed by atoms with Crippen molar-refractivity contribution < 1.29 is 0 Å². The molecule has 1 atom stereocenters. The molecule has 1 N–H and O–H groups in total. The zero-order valence-electron chi connectivity index (χ0n) is 13.6. The fraction of sp³-hybridized carbons (Fsp3) is 0.647. The molecule has 1 aliphatic carbocycles. The Morgan fingerprint density at radius 2 is 1.50 bits per heavy atom. The van der Waals surface area contributed by atoms with E-state index in [1.54, 1.807) is 6.07 Å². The molecule has 7 heteroatoms. The molecule has 138 valence electrons. The molecule has 0 bridgehead atoms.